The molecule has 0 unspecified atom stereocenters. The third kappa shape index (κ3) is 1.89. The molecule has 2 N–H and O–H groups in total. The van der Waals surface area contributed by atoms with E-state index in [4.69, 9.17) is 5.73 Å². The molecule has 0 saturated heterocycles. The molecule has 1 aliphatic rings. The summed E-state index contributed by atoms with van der Waals surface area (Å²) < 4.78 is 0. The van der Waals surface area contributed by atoms with Gasteiger partial charge in [0.25, 0.3) is 5.91 Å². The molecule has 3 aromatic rings. The van der Waals surface area contributed by atoms with Crippen LogP contribution in [-0.2, 0) is 5.66 Å². The third-order valence-electron chi connectivity index (χ3n) is 4.22. The fourth-order valence-corrected chi connectivity index (χ4v) is 3.15. The summed E-state index contributed by atoms with van der Waals surface area (Å²) >= 11 is 0. The summed E-state index contributed by atoms with van der Waals surface area (Å²) in [5.74, 6) is 0.408. The first-order valence-corrected chi connectivity index (χ1v) is 7.42. The van der Waals surface area contributed by atoms with Crippen LogP contribution in [0.2, 0.25) is 0 Å². The summed E-state index contributed by atoms with van der Waals surface area (Å²) in [7, 11) is 0. The van der Waals surface area contributed by atoms with Gasteiger partial charge in [0, 0.05) is 17.3 Å². The lowest BCUT2D eigenvalue weighted by atomic mass is 9.91. The van der Waals surface area contributed by atoms with Crippen LogP contribution in [0.15, 0.2) is 79.0 Å². The minimum absolute atomic E-state index is 0.134. The maximum Gasteiger partial charge on any atom is 0.261 e. The van der Waals surface area contributed by atoms with Crippen LogP contribution in [0.5, 0.6) is 0 Å². The third-order valence-corrected chi connectivity index (χ3v) is 4.22. The van der Waals surface area contributed by atoms with Crippen LogP contribution in [0.25, 0.3) is 0 Å². The highest BCUT2D eigenvalue weighted by molar-refractivity contribution is 6.12. The maximum atomic E-state index is 13.0. The van der Waals surface area contributed by atoms with E-state index in [-0.39, 0.29) is 5.91 Å². The number of hydrogen-bond donors (Lipinski definition) is 1. The molecule has 0 fully saturated rings. The Morgan fingerprint density at radius 3 is 2.30 bits per heavy atom. The van der Waals surface area contributed by atoms with Gasteiger partial charge in [0.1, 0.15) is 5.82 Å². The fourth-order valence-electron chi connectivity index (χ4n) is 3.15. The first-order valence-electron chi connectivity index (χ1n) is 7.42. The number of aromatic nitrogens is 1. The largest absolute Gasteiger partial charge is 0.301 e. The van der Waals surface area contributed by atoms with Crippen LogP contribution in [0.4, 0.5) is 5.82 Å². The molecule has 1 aliphatic heterocycles. The number of carbonyl (C=O) groups is 1. The van der Waals surface area contributed by atoms with E-state index in [1.54, 1.807) is 17.2 Å². The second-order valence-corrected chi connectivity index (χ2v) is 5.51. The number of hydrogen-bond acceptors (Lipinski definition) is 3. The van der Waals surface area contributed by atoms with Crippen molar-refractivity contribution in [1.29, 1.82) is 0 Å². The van der Waals surface area contributed by atoms with E-state index in [1.165, 1.54) is 0 Å². The number of carbonyl (C=O) groups excluding carboxylic acids is 1. The Hall–Kier alpha value is -2.98. The van der Waals surface area contributed by atoms with Crippen LogP contribution >= 0.6 is 0 Å². The van der Waals surface area contributed by atoms with Gasteiger partial charge in [-0.3, -0.25) is 9.69 Å². The van der Waals surface area contributed by atoms with E-state index in [2.05, 4.69) is 4.98 Å². The molecule has 112 valence electrons. The van der Waals surface area contributed by atoms with Crippen LogP contribution in [0, 0.1) is 0 Å². The Balaban J connectivity index is 2.01. The lowest BCUT2D eigenvalue weighted by molar-refractivity contribution is 0.0982. The lowest BCUT2D eigenvalue weighted by Gasteiger charge is -2.35. The van der Waals surface area contributed by atoms with Gasteiger partial charge in [-0.25, -0.2) is 4.98 Å². The van der Waals surface area contributed by atoms with Crippen molar-refractivity contribution in [3.05, 3.63) is 95.7 Å². The molecule has 1 atom stereocenters. The second-order valence-electron chi connectivity index (χ2n) is 5.51. The normalized spacial score (nSPS) is 19.7. The molecule has 0 saturated carbocycles. The Morgan fingerprint density at radius 1 is 0.870 bits per heavy atom. The van der Waals surface area contributed by atoms with Crippen molar-refractivity contribution in [2.75, 3.05) is 4.90 Å². The van der Waals surface area contributed by atoms with Gasteiger partial charge in [-0.15, -0.1) is 0 Å². The van der Waals surface area contributed by atoms with Gasteiger partial charge < -0.3 is 5.73 Å². The van der Waals surface area contributed by atoms with Gasteiger partial charge in [0.2, 0.25) is 0 Å². The average molecular weight is 301 g/mol. The standard InChI is InChI=1S/C19H15N3O/c20-19(14-8-2-1-3-9-14)16-11-5-4-10-15(16)18(23)22(19)17-12-6-7-13-21-17/h1-13H,20H2/t19-/m1/s1. The average Bonchev–Trinajstić information content (AvgIpc) is 2.86. The van der Waals surface area contributed by atoms with Gasteiger partial charge in [-0.05, 0) is 23.8 Å². The van der Waals surface area contributed by atoms with Crippen molar-refractivity contribution in [3.8, 4) is 0 Å². The molecule has 1 aromatic heterocycles. The van der Waals surface area contributed by atoms with Gasteiger partial charge in [0.05, 0.1) is 0 Å². The summed E-state index contributed by atoms with van der Waals surface area (Å²) in [4.78, 5) is 18.9. The quantitative estimate of drug-likeness (QED) is 0.791. The van der Waals surface area contributed by atoms with Crippen molar-refractivity contribution in [3.63, 3.8) is 0 Å². The molecule has 0 radical (unpaired) electrons. The van der Waals surface area contributed by atoms with E-state index in [0.29, 0.717) is 11.4 Å². The summed E-state index contributed by atoms with van der Waals surface area (Å²) in [5.41, 5.74) is 8.02. The van der Waals surface area contributed by atoms with Crippen LogP contribution in [0.1, 0.15) is 21.5 Å². The number of fused-ring (bicyclic) bond motifs is 1. The highest BCUT2D eigenvalue weighted by Crippen LogP contribution is 2.42. The highest BCUT2D eigenvalue weighted by Gasteiger charge is 2.49. The molecule has 1 amide bonds. The number of nitrogens with zero attached hydrogens (tertiary/aromatic N) is 2. The molecular weight excluding hydrogens is 286 g/mol. The Labute approximate surface area is 134 Å². The Kier molecular flexibility index (Phi) is 2.99. The number of nitrogens with two attached hydrogens (primary N) is 1. The smallest absolute Gasteiger partial charge is 0.261 e. The summed E-state index contributed by atoms with van der Waals surface area (Å²) in [6.07, 6.45) is 1.66. The number of anilines is 1. The SMILES string of the molecule is N[C@@]1(c2ccccc2)c2ccccc2C(=O)N1c1ccccn1. The van der Waals surface area contributed by atoms with Crippen molar-refractivity contribution in [1.82, 2.24) is 4.98 Å². The molecule has 2 heterocycles. The Bertz CT molecular complexity index is 864. The number of pyridine rings is 1. The van der Waals surface area contributed by atoms with Crippen molar-refractivity contribution in [2.24, 2.45) is 5.73 Å². The number of rotatable bonds is 2. The molecular formula is C19H15N3O. The predicted molar refractivity (Wildman–Crippen MR) is 88.9 cm³/mol. The second kappa shape index (κ2) is 5.04. The molecule has 4 heteroatoms. The minimum atomic E-state index is -1.07. The van der Waals surface area contributed by atoms with E-state index in [0.717, 1.165) is 11.1 Å². The molecule has 0 aliphatic carbocycles. The minimum Gasteiger partial charge on any atom is -0.301 e. The molecule has 0 bridgehead atoms. The van der Waals surface area contributed by atoms with Crippen LogP contribution < -0.4 is 10.6 Å². The van der Waals surface area contributed by atoms with Crippen LogP contribution in [0.3, 0.4) is 0 Å². The van der Waals surface area contributed by atoms with E-state index in [9.17, 15) is 4.79 Å². The molecule has 2 aromatic carbocycles. The topological polar surface area (TPSA) is 59.2 Å². The van der Waals surface area contributed by atoms with Gasteiger partial charge in [0.15, 0.2) is 5.66 Å². The molecule has 4 nitrogen and oxygen atoms in total. The zero-order chi connectivity index (χ0) is 15.9. The molecule has 4 rings (SSSR count). The summed E-state index contributed by atoms with van der Waals surface area (Å²) in [6, 6.07) is 22.6. The summed E-state index contributed by atoms with van der Waals surface area (Å²) in [5, 5.41) is 0. The predicted octanol–water partition coefficient (Wildman–Crippen LogP) is 2.90. The van der Waals surface area contributed by atoms with Gasteiger partial charge in [-0.1, -0.05) is 54.6 Å². The van der Waals surface area contributed by atoms with E-state index in [1.807, 2.05) is 66.7 Å². The monoisotopic (exact) mass is 301 g/mol. The number of amides is 1. The van der Waals surface area contributed by atoms with Gasteiger partial charge >= 0.3 is 0 Å². The van der Waals surface area contributed by atoms with Crippen molar-refractivity contribution >= 4 is 11.7 Å². The molecule has 23 heavy (non-hydrogen) atoms. The zero-order valence-corrected chi connectivity index (χ0v) is 12.4. The number of benzene rings is 2. The van der Waals surface area contributed by atoms with Crippen LogP contribution in [-0.4, -0.2) is 10.9 Å². The van der Waals surface area contributed by atoms with Crippen molar-refractivity contribution in [2.45, 2.75) is 5.66 Å². The fraction of sp³-hybridized carbons (Fsp3) is 0.0526. The van der Waals surface area contributed by atoms with Gasteiger partial charge in [-0.2, -0.15) is 0 Å². The van der Waals surface area contributed by atoms with Crippen molar-refractivity contribution < 1.29 is 4.79 Å². The zero-order valence-electron chi connectivity index (χ0n) is 12.4. The lowest BCUT2D eigenvalue weighted by Crippen LogP contribution is -2.52. The van der Waals surface area contributed by atoms with E-state index >= 15 is 0 Å². The Morgan fingerprint density at radius 2 is 1.57 bits per heavy atom. The first kappa shape index (κ1) is 13.7. The first-order chi connectivity index (χ1) is 11.2. The highest BCUT2D eigenvalue weighted by atomic mass is 16.2. The van der Waals surface area contributed by atoms with E-state index < -0.39 is 5.66 Å². The maximum absolute atomic E-state index is 13.0. The summed E-state index contributed by atoms with van der Waals surface area (Å²) in [6.45, 7) is 0. The molecule has 0 spiro atoms.